The molecule has 3 aromatic rings. The zero-order valence-electron chi connectivity index (χ0n) is 19.6. The third-order valence-electron chi connectivity index (χ3n) is 5.81. The first-order valence-electron chi connectivity index (χ1n) is 11.4. The Hall–Kier alpha value is -3.61. The summed E-state index contributed by atoms with van der Waals surface area (Å²) in [4.78, 5) is 29.8. The van der Waals surface area contributed by atoms with E-state index in [4.69, 9.17) is 16.3 Å². The van der Waals surface area contributed by atoms with Crippen LogP contribution >= 0.6 is 11.6 Å². The molecule has 1 unspecified atom stereocenters. The number of ketones is 1. The summed E-state index contributed by atoms with van der Waals surface area (Å²) in [5.41, 5.74) is 1.15. The number of amides is 1. The number of hydrogen-bond acceptors (Lipinski definition) is 5. The number of ether oxygens (including phenoxy) is 1. The number of aliphatic hydroxyl groups is 1. The summed E-state index contributed by atoms with van der Waals surface area (Å²) in [5, 5.41) is 11.7. The normalized spacial score (nSPS) is 17.3. The lowest BCUT2D eigenvalue weighted by Gasteiger charge is -2.26. The van der Waals surface area contributed by atoms with Gasteiger partial charge >= 0.3 is 0 Å². The van der Waals surface area contributed by atoms with E-state index in [0.29, 0.717) is 40.6 Å². The van der Waals surface area contributed by atoms with E-state index in [-0.39, 0.29) is 11.3 Å². The van der Waals surface area contributed by atoms with Gasteiger partial charge in [-0.2, -0.15) is 0 Å². The van der Waals surface area contributed by atoms with Crippen LogP contribution in [0.3, 0.4) is 0 Å². The number of carbonyl (C=O) groups is 2. The molecule has 7 heteroatoms. The van der Waals surface area contributed by atoms with E-state index in [1.807, 2.05) is 67.5 Å². The average Bonchev–Trinajstić information content (AvgIpc) is 3.10. The van der Waals surface area contributed by atoms with Crippen molar-refractivity contribution in [1.82, 2.24) is 9.80 Å². The van der Waals surface area contributed by atoms with E-state index in [1.165, 1.54) is 4.90 Å². The second kappa shape index (κ2) is 10.8. The van der Waals surface area contributed by atoms with Crippen LogP contribution in [-0.2, 0) is 9.59 Å². The molecule has 0 spiro atoms. The lowest BCUT2D eigenvalue weighted by atomic mass is 9.95. The van der Waals surface area contributed by atoms with Gasteiger partial charge in [0, 0.05) is 17.1 Å². The van der Waals surface area contributed by atoms with Crippen LogP contribution in [-0.4, -0.2) is 53.8 Å². The zero-order chi connectivity index (χ0) is 24.9. The molecule has 1 fully saturated rings. The molecule has 1 saturated heterocycles. The third-order valence-corrected chi connectivity index (χ3v) is 6.07. The zero-order valence-corrected chi connectivity index (χ0v) is 20.4. The number of hydrogen-bond donors (Lipinski definition) is 1. The van der Waals surface area contributed by atoms with Crippen LogP contribution in [0.1, 0.15) is 23.6 Å². The second-order valence-electron chi connectivity index (χ2n) is 8.64. The fourth-order valence-corrected chi connectivity index (χ4v) is 4.28. The van der Waals surface area contributed by atoms with E-state index in [0.717, 1.165) is 6.54 Å². The van der Waals surface area contributed by atoms with Crippen LogP contribution in [0, 0.1) is 0 Å². The van der Waals surface area contributed by atoms with E-state index in [2.05, 4.69) is 0 Å². The predicted octanol–water partition coefficient (Wildman–Crippen LogP) is 5.51. The quantitative estimate of drug-likeness (QED) is 0.256. The highest BCUT2D eigenvalue weighted by molar-refractivity contribution is 6.46. The molecular weight excluding hydrogens is 464 g/mol. The summed E-state index contributed by atoms with van der Waals surface area (Å²) in [7, 11) is 3.91. The van der Waals surface area contributed by atoms with Crippen molar-refractivity contribution in [1.29, 1.82) is 0 Å². The number of para-hydroxylation sites is 1. The highest BCUT2D eigenvalue weighted by Gasteiger charge is 2.45. The summed E-state index contributed by atoms with van der Waals surface area (Å²) in [6, 6.07) is 22.4. The standard InChI is InChI=1S/C28H27ClN2O4/c1-30(2)16-7-17-31-25(20-8-6-11-23(18-20)35-22-9-4-3-5-10-22)24(27(33)28(31)34)26(32)19-12-14-21(29)15-13-19/h3-6,8-15,18,25,32H,7,16-17H2,1-2H3/b26-24-. The molecule has 0 bridgehead atoms. The van der Waals surface area contributed by atoms with Gasteiger partial charge < -0.3 is 19.6 Å². The Morgan fingerprint density at radius 3 is 2.34 bits per heavy atom. The van der Waals surface area contributed by atoms with Crippen molar-refractivity contribution < 1.29 is 19.4 Å². The molecule has 1 aliphatic heterocycles. The topological polar surface area (TPSA) is 70.1 Å². The summed E-state index contributed by atoms with van der Waals surface area (Å²) < 4.78 is 5.99. The smallest absolute Gasteiger partial charge is 0.295 e. The Morgan fingerprint density at radius 2 is 1.66 bits per heavy atom. The van der Waals surface area contributed by atoms with Crippen molar-refractivity contribution in [2.75, 3.05) is 27.2 Å². The van der Waals surface area contributed by atoms with Crippen LogP contribution in [0.15, 0.2) is 84.4 Å². The number of likely N-dealkylation sites (tertiary alicyclic amines) is 1. The fraction of sp³-hybridized carbons (Fsp3) is 0.214. The monoisotopic (exact) mass is 490 g/mol. The molecule has 4 rings (SSSR count). The average molecular weight is 491 g/mol. The van der Waals surface area contributed by atoms with E-state index in [1.54, 1.807) is 30.3 Å². The molecule has 1 N–H and O–H groups in total. The van der Waals surface area contributed by atoms with Gasteiger partial charge in [0.2, 0.25) is 0 Å². The van der Waals surface area contributed by atoms with Gasteiger partial charge in [-0.3, -0.25) is 9.59 Å². The molecule has 0 radical (unpaired) electrons. The summed E-state index contributed by atoms with van der Waals surface area (Å²) in [6.45, 7) is 1.12. The first-order chi connectivity index (χ1) is 16.8. The van der Waals surface area contributed by atoms with Crippen molar-refractivity contribution in [3.8, 4) is 11.5 Å². The first kappa shape index (κ1) is 24.5. The first-order valence-corrected chi connectivity index (χ1v) is 11.7. The molecule has 1 atom stereocenters. The molecule has 1 amide bonds. The highest BCUT2D eigenvalue weighted by atomic mass is 35.5. The SMILES string of the molecule is CN(C)CCCN1C(=O)C(=O)/C(=C(\O)c2ccc(Cl)cc2)C1c1cccc(Oc2ccccc2)c1. The summed E-state index contributed by atoms with van der Waals surface area (Å²) in [5.74, 6) is -0.320. The maximum absolute atomic E-state index is 13.2. The Kier molecular flexibility index (Phi) is 7.54. The Morgan fingerprint density at radius 1 is 0.971 bits per heavy atom. The Balaban J connectivity index is 1.77. The number of benzene rings is 3. The number of Topliss-reactive ketones (excluding diaryl/α,β-unsaturated/α-hetero) is 1. The van der Waals surface area contributed by atoms with Crippen LogP contribution in [0.25, 0.3) is 5.76 Å². The van der Waals surface area contributed by atoms with Gasteiger partial charge in [0.15, 0.2) is 0 Å². The summed E-state index contributed by atoms with van der Waals surface area (Å²) in [6.07, 6.45) is 0.678. The molecule has 0 saturated carbocycles. The lowest BCUT2D eigenvalue weighted by Crippen LogP contribution is -2.32. The molecule has 3 aromatic carbocycles. The van der Waals surface area contributed by atoms with Crippen molar-refractivity contribution in [2.45, 2.75) is 12.5 Å². The van der Waals surface area contributed by atoms with Gasteiger partial charge in [0.05, 0.1) is 11.6 Å². The van der Waals surface area contributed by atoms with Crippen LogP contribution in [0.4, 0.5) is 0 Å². The molecule has 0 aromatic heterocycles. The lowest BCUT2D eigenvalue weighted by molar-refractivity contribution is -0.139. The molecule has 1 heterocycles. The third kappa shape index (κ3) is 5.56. The van der Waals surface area contributed by atoms with Crippen LogP contribution < -0.4 is 4.74 Å². The maximum atomic E-state index is 13.2. The number of aliphatic hydroxyl groups excluding tert-OH is 1. The predicted molar refractivity (Wildman–Crippen MR) is 137 cm³/mol. The van der Waals surface area contributed by atoms with Gasteiger partial charge in [0.25, 0.3) is 11.7 Å². The van der Waals surface area contributed by atoms with E-state index < -0.39 is 17.7 Å². The van der Waals surface area contributed by atoms with Crippen molar-refractivity contribution in [2.24, 2.45) is 0 Å². The molecule has 180 valence electrons. The number of carbonyl (C=O) groups excluding carboxylic acids is 2. The highest BCUT2D eigenvalue weighted by Crippen LogP contribution is 2.40. The van der Waals surface area contributed by atoms with Gasteiger partial charge in [-0.05, 0) is 81.2 Å². The minimum Gasteiger partial charge on any atom is -0.507 e. The molecule has 1 aliphatic rings. The van der Waals surface area contributed by atoms with Crippen LogP contribution in [0.2, 0.25) is 5.02 Å². The van der Waals surface area contributed by atoms with Crippen molar-refractivity contribution in [3.05, 3.63) is 101 Å². The van der Waals surface area contributed by atoms with Gasteiger partial charge in [-0.15, -0.1) is 0 Å². The Labute approximate surface area is 210 Å². The van der Waals surface area contributed by atoms with E-state index in [9.17, 15) is 14.7 Å². The molecular formula is C28H27ClN2O4. The largest absolute Gasteiger partial charge is 0.507 e. The van der Waals surface area contributed by atoms with E-state index >= 15 is 0 Å². The second-order valence-corrected chi connectivity index (χ2v) is 9.08. The number of nitrogens with zero attached hydrogens (tertiary/aromatic N) is 2. The van der Waals surface area contributed by atoms with Crippen LogP contribution in [0.5, 0.6) is 11.5 Å². The van der Waals surface area contributed by atoms with Gasteiger partial charge in [0.1, 0.15) is 17.3 Å². The van der Waals surface area contributed by atoms with Crippen molar-refractivity contribution >= 4 is 29.1 Å². The minimum atomic E-state index is -0.743. The van der Waals surface area contributed by atoms with Crippen molar-refractivity contribution in [3.63, 3.8) is 0 Å². The molecule has 6 nitrogen and oxygen atoms in total. The number of halogens is 1. The Bertz CT molecular complexity index is 1240. The van der Waals surface area contributed by atoms with Gasteiger partial charge in [-0.1, -0.05) is 41.9 Å². The molecule has 0 aliphatic carbocycles. The fourth-order valence-electron chi connectivity index (χ4n) is 4.15. The van der Waals surface area contributed by atoms with Gasteiger partial charge in [-0.25, -0.2) is 0 Å². The molecule has 35 heavy (non-hydrogen) atoms. The summed E-state index contributed by atoms with van der Waals surface area (Å²) >= 11 is 6.00. The minimum absolute atomic E-state index is 0.0547. The maximum Gasteiger partial charge on any atom is 0.295 e. The number of rotatable bonds is 8.